The van der Waals surface area contributed by atoms with Crippen molar-refractivity contribution in [3.63, 3.8) is 0 Å². The van der Waals surface area contributed by atoms with E-state index in [0.717, 1.165) is 11.4 Å². The number of methoxy groups -OCH3 is 1. The van der Waals surface area contributed by atoms with E-state index in [9.17, 15) is 13.4 Å². The molecule has 2 atom stereocenters. The number of benzene rings is 1. The molecule has 2 unspecified atom stereocenters. The van der Waals surface area contributed by atoms with Gasteiger partial charge in [0, 0.05) is 17.8 Å². The Bertz CT molecular complexity index is 1030. The Labute approximate surface area is 189 Å². The minimum Gasteiger partial charge on any atom is -0.480 e. The van der Waals surface area contributed by atoms with E-state index in [4.69, 9.17) is 10.5 Å². The lowest BCUT2D eigenvalue weighted by atomic mass is 10.0. The van der Waals surface area contributed by atoms with Crippen molar-refractivity contribution in [3.05, 3.63) is 47.2 Å². The Balaban J connectivity index is 0.000000303. The smallest absolute Gasteiger partial charge is 0.232 e. The van der Waals surface area contributed by atoms with Crippen molar-refractivity contribution in [2.24, 2.45) is 10.7 Å². The summed E-state index contributed by atoms with van der Waals surface area (Å²) in [4.78, 5) is 23.1. The first-order chi connectivity index (χ1) is 15.0. The fourth-order valence-electron chi connectivity index (χ4n) is 2.90. The van der Waals surface area contributed by atoms with E-state index >= 15 is 0 Å². The summed E-state index contributed by atoms with van der Waals surface area (Å²) < 4.78 is 32.2. The van der Waals surface area contributed by atoms with Crippen LogP contribution in [0, 0.1) is 19.7 Å². The van der Waals surface area contributed by atoms with Gasteiger partial charge in [-0.05, 0) is 52.9 Å². The minimum atomic E-state index is -1.37. The van der Waals surface area contributed by atoms with Crippen LogP contribution >= 0.6 is 0 Å². The van der Waals surface area contributed by atoms with Crippen molar-refractivity contribution in [2.75, 3.05) is 26.0 Å². The highest BCUT2D eigenvalue weighted by molar-refractivity contribution is 7.85. The van der Waals surface area contributed by atoms with E-state index in [0.29, 0.717) is 23.5 Å². The molecule has 174 valence electrons. The Morgan fingerprint density at radius 2 is 2.03 bits per heavy atom. The van der Waals surface area contributed by atoms with Crippen molar-refractivity contribution in [1.82, 2.24) is 14.3 Å². The standard InChI is InChI=1S/C14H19FN4O2S.C7H10N2O/c1-14(2)13(16)18-12(7-19(3)22(14)21)10-6-9(17-8-20)4-5-11(10)15;1-5-6(2)9-7(10-3)4-8-5/h4-6,8,12H,7H2,1-3H3,(H2,16,18)(H,17,20);4H,1-3H3. The Morgan fingerprint density at radius 1 is 1.34 bits per heavy atom. The number of likely N-dealkylation sites (N-methyl/N-ethyl adjacent to an activating group) is 1. The third-order valence-corrected chi connectivity index (χ3v) is 6.82. The van der Waals surface area contributed by atoms with Gasteiger partial charge in [0.2, 0.25) is 12.3 Å². The van der Waals surface area contributed by atoms with Crippen LogP contribution < -0.4 is 15.8 Å². The third-order valence-electron chi connectivity index (χ3n) is 5.02. The van der Waals surface area contributed by atoms with Gasteiger partial charge in [-0.3, -0.25) is 14.8 Å². The van der Waals surface area contributed by atoms with Gasteiger partial charge >= 0.3 is 0 Å². The number of anilines is 1. The van der Waals surface area contributed by atoms with E-state index in [1.807, 2.05) is 13.8 Å². The highest BCUT2D eigenvalue weighted by atomic mass is 32.2. The molecule has 3 N–H and O–H groups in total. The Morgan fingerprint density at radius 3 is 2.62 bits per heavy atom. The number of nitrogens with one attached hydrogen (secondary N) is 1. The Hall–Kier alpha value is -2.92. The lowest BCUT2D eigenvalue weighted by molar-refractivity contribution is -0.105. The van der Waals surface area contributed by atoms with Crippen LogP contribution in [0.3, 0.4) is 0 Å². The maximum Gasteiger partial charge on any atom is 0.232 e. The predicted molar refractivity (Wildman–Crippen MR) is 123 cm³/mol. The van der Waals surface area contributed by atoms with E-state index < -0.39 is 27.6 Å². The van der Waals surface area contributed by atoms with Crippen molar-refractivity contribution >= 4 is 28.9 Å². The SMILES string of the molecule is CN1CC(c2cc(NC=O)ccc2F)N=C(N)C(C)(C)S1=O.COc1cnc(C)c(C)n1. The lowest BCUT2D eigenvalue weighted by Gasteiger charge is -2.25. The number of nitrogens with two attached hydrogens (primary N) is 1. The number of halogens is 1. The minimum absolute atomic E-state index is 0.216. The van der Waals surface area contributed by atoms with Crippen LogP contribution in [0.2, 0.25) is 0 Å². The molecule has 0 saturated carbocycles. The molecular formula is C21H29FN6O3S. The number of rotatable bonds is 4. The summed E-state index contributed by atoms with van der Waals surface area (Å²) in [6, 6.07) is 3.65. The van der Waals surface area contributed by atoms with Crippen molar-refractivity contribution in [3.8, 4) is 5.88 Å². The summed E-state index contributed by atoms with van der Waals surface area (Å²) >= 11 is 0. The van der Waals surface area contributed by atoms with Gasteiger partial charge in [0.05, 0.1) is 30.7 Å². The molecule has 0 spiro atoms. The van der Waals surface area contributed by atoms with Crippen LogP contribution in [-0.2, 0) is 15.8 Å². The van der Waals surface area contributed by atoms with Crippen molar-refractivity contribution in [2.45, 2.75) is 38.5 Å². The second-order valence-corrected chi connectivity index (χ2v) is 9.82. The van der Waals surface area contributed by atoms with Gasteiger partial charge in [0.1, 0.15) is 27.4 Å². The predicted octanol–water partition coefficient (Wildman–Crippen LogP) is 2.28. The van der Waals surface area contributed by atoms with Crippen LogP contribution in [0.1, 0.15) is 36.8 Å². The summed E-state index contributed by atoms with van der Waals surface area (Å²) in [6.45, 7) is 7.56. The highest BCUT2D eigenvalue weighted by Gasteiger charge is 2.38. The van der Waals surface area contributed by atoms with E-state index in [-0.39, 0.29) is 12.4 Å². The third kappa shape index (κ3) is 5.86. The number of hydrogen-bond acceptors (Lipinski definition) is 7. The van der Waals surface area contributed by atoms with Gasteiger partial charge in [0.15, 0.2) is 0 Å². The summed E-state index contributed by atoms with van der Waals surface area (Å²) in [5.74, 6) is 0.341. The first-order valence-corrected chi connectivity index (χ1v) is 10.9. The van der Waals surface area contributed by atoms with Crippen LogP contribution in [0.4, 0.5) is 10.1 Å². The van der Waals surface area contributed by atoms with Gasteiger partial charge in [-0.1, -0.05) is 0 Å². The molecule has 0 aliphatic carbocycles. The quantitative estimate of drug-likeness (QED) is 0.670. The zero-order valence-corrected chi connectivity index (χ0v) is 19.9. The van der Waals surface area contributed by atoms with Crippen LogP contribution in [0.25, 0.3) is 0 Å². The first-order valence-electron chi connectivity index (χ1n) is 9.82. The fourth-order valence-corrected chi connectivity index (χ4v) is 4.19. The zero-order valence-electron chi connectivity index (χ0n) is 19.0. The second-order valence-electron chi connectivity index (χ2n) is 7.68. The molecule has 0 saturated heterocycles. The Kier molecular flexibility index (Phi) is 8.39. The normalized spacial score (nSPS) is 20.3. The van der Waals surface area contributed by atoms with Gasteiger partial charge in [-0.15, -0.1) is 0 Å². The number of ether oxygens (including phenoxy) is 1. The maximum atomic E-state index is 14.2. The van der Waals surface area contributed by atoms with Crippen molar-refractivity contribution in [1.29, 1.82) is 0 Å². The number of hydrogen-bond donors (Lipinski definition) is 2. The van der Waals surface area contributed by atoms with Crippen LogP contribution in [0.5, 0.6) is 5.88 Å². The number of carbonyl (C=O) groups is 1. The molecule has 9 nitrogen and oxygen atoms in total. The average molecular weight is 465 g/mol. The molecule has 32 heavy (non-hydrogen) atoms. The summed E-state index contributed by atoms with van der Waals surface area (Å²) in [6.07, 6.45) is 2.13. The fraction of sp³-hybridized carbons (Fsp3) is 0.429. The van der Waals surface area contributed by atoms with Gasteiger partial charge in [-0.25, -0.2) is 17.9 Å². The number of aliphatic imine (C=N–C) groups is 1. The molecule has 1 aliphatic rings. The molecule has 0 bridgehead atoms. The number of carbonyl (C=O) groups excluding carboxylic acids is 1. The van der Waals surface area contributed by atoms with E-state index in [1.165, 1.54) is 18.2 Å². The molecule has 1 aromatic heterocycles. The molecular weight excluding hydrogens is 435 g/mol. The van der Waals surface area contributed by atoms with Gasteiger partial charge in [-0.2, -0.15) is 0 Å². The summed E-state index contributed by atoms with van der Waals surface area (Å²) in [5.41, 5.74) is 8.60. The number of nitrogens with zero attached hydrogens (tertiary/aromatic N) is 4. The number of aromatic nitrogens is 2. The zero-order chi connectivity index (χ0) is 24.1. The van der Waals surface area contributed by atoms with Crippen LogP contribution in [0.15, 0.2) is 29.4 Å². The molecule has 0 fully saturated rings. The molecule has 2 aromatic rings. The van der Waals surface area contributed by atoms with Gasteiger partial charge in [0.25, 0.3) is 0 Å². The average Bonchev–Trinajstić information content (AvgIpc) is 2.82. The van der Waals surface area contributed by atoms with Gasteiger partial charge < -0.3 is 15.8 Å². The molecule has 1 aliphatic heterocycles. The molecule has 1 aromatic carbocycles. The summed E-state index contributed by atoms with van der Waals surface area (Å²) in [5, 5.41) is 2.48. The van der Waals surface area contributed by atoms with E-state index in [2.05, 4.69) is 20.3 Å². The van der Waals surface area contributed by atoms with Crippen molar-refractivity contribution < 1.29 is 18.1 Å². The maximum absolute atomic E-state index is 14.2. The highest BCUT2D eigenvalue weighted by Crippen LogP contribution is 2.30. The number of aryl methyl sites for hydroxylation is 2. The molecule has 3 rings (SSSR count). The molecule has 11 heteroatoms. The lowest BCUT2D eigenvalue weighted by Crippen LogP contribution is -2.45. The van der Waals surface area contributed by atoms with E-state index in [1.54, 1.807) is 38.5 Å². The molecule has 0 radical (unpaired) electrons. The largest absolute Gasteiger partial charge is 0.480 e. The number of amides is 1. The molecule has 2 heterocycles. The number of amidine groups is 1. The monoisotopic (exact) mass is 464 g/mol. The topological polar surface area (TPSA) is 123 Å². The molecule has 1 amide bonds. The summed E-state index contributed by atoms with van der Waals surface area (Å²) in [7, 11) is 1.90. The first kappa shape index (κ1) is 25.3. The second kappa shape index (κ2) is 10.6. The van der Waals surface area contributed by atoms with Crippen LogP contribution in [-0.4, -0.2) is 56.2 Å².